The Morgan fingerprint density at radius 1 is 1.30 bits per heavy atom. The number of hydrogen-bond acceptors (Lipinski definition) is 6. The topological polar surface area (TPSA) is 109 Å². The number of thioether (sulfide) groups is 1. The monoisotopic (exact) mass is 449 g/mol. The summed E-state index contributed by atoms with van der Waals surface area (Å²) < 4.78 is 32.8. The number of benzene rings is 1. The normalized spacial score (nSPS) is 20.4. The van der Waals surface area contributed by atoms with Crippen LogP contribution in [0.4, 0.5) is 5.69 Å². The van der Waals surface area contributed by atoms with Gasteiger partial charge in [0, 0.05) is 23.9 Å². The smallest absolute Gasteiger partial charge is 0.243 e. The fourth-order valence-corrected chi connectivity index (χ4v) is 6.01. The van der Waals surface area contributed by atoms with Crippen molar-refractivity contribution < 1.29 is 22.4 Å². The Hall–Kier alpha value is -2.30. The molecule has 2 aromatic rings. The molecule has 2 amide bonds. The zero-order valence-electron chi connectivity index (χ0n) is 16.5. The minimum Gasteiger partial charge on any atom is -0.467 e. The third-order valence-corrected chi connectivity index (χ3v) is 8.43. The second-order valence-corrected chi connectivity index (χ2v) is 10.7. The van der Waals surface area contributed by atoms with Crippen LogP contribution < -0.4 is 10.6 Å². The van der Waals surface area contributed by atoms with Crippen LogP contribution in [0, 0.1) is 5.92 Å². The second-order valence-electron chi connectivity index (χ2n) is 7.38. The van der Waals surface area contributed by atoms with E-state index in [1.165, 1.54) is 22.1 Å². The average molecular weight is 450 g/mol. The van der Waals surface area contributed by atoms with Gasteiger partial charge in [0.15, 0.2) is 0 Å². The molecule has 4 rings (SSSR count). The largest absolute Gasteiger partial charge is 0.467 e. The van der Waals surface area contributed by atoms with Gasteiger partial charge in [-0.25, -0.2) is 8.42 Å². The molecule has 0 spiro atoms. The molecule has 2 aliphatic heterocycles. The molecular weight excluding hydrogens is 426 g/mol. The van der Waals surface area contributed by atoms with Crippen molar-refractivity contribution in [2.45, 2.75) is 41.4 Å². The van der Waals surface area contributed by atoms with E-state index in [-0.39, 0.29) is 41.0 Å². The van der Waals surface area contributed by atoms with Crippen molar-refractivity contribution in [1.29, 1.82) is 0 Å². The fraction of sp³-hybridized carbons (Fsp3) is 0.400. The maximum absolute atomic E-state index is 13.1. The predicted octanol–water partition coefficient (Wildman–Crippen LogP) is 2.43. The minimum absolute atomic E-state index is 0.0916. The van der Waals surface area contributed by atoms with Crippen LogP contribution in [0.1, 0.15) is 25.5 Å². The van der Waals surface area contributed by atoms with Gasteiger partial charge in [0.25, 0.3) is 0 Å². The first-order valence-corrected chi connectivity index (χ1v) is 12.1. The first-order valence-electron chi connectivity index (χ1n) is 9.76. The van der Waals surface area contributed by atoms with Gasteiger partial charge in [0.1, 0.15) is 5.76 Å². The molecule has 2 N–H and O–H groups in total. The summed E-state index contributed by atoms with van der Waals surface area (Å²) >= 11 is 1.41. The van der Waals surface area contributed by atoms with Crippen LogP contribution >= 0.6 is 11.8 Å². The Morgan fingerprint density at radius 3 is 2.77 bits per heavy atom. The third kappa shape index (κ3) is 4.26. The summed E-state index contributed by atoms with van der Waals surface area (Å²) in [6.45, 7) is 2.68. The Bertz CT molecular complexity index is 1040. The molecule has 0 radical (unpaired) electrons. The van der Waals surface area contributed by atoms with Gasteiger partial charge in [-0.15, -0.1) is 11.8 Å². The number of fused-ring (bicyclic) bond motifs is 1. The van der Waals surface area contributed by atoms with E-state index in [0.29, 0.717) is 30.8 Å². The predicted molar refractivity (Wildman–Crippen MR) is 112 cm³/mol. The van der Waals surface area contributed by atoms with Crippen molar-refractivity contribution in [3.05, 3.63) is 42.4 Å². The summed E-state index contributed by atoms with van der Waals surface area (Å²) in [5.41, 5.74) is 0.524. The van der Waals surface area contributed by atoms with Gasteiger partial charge >= 0.3 is 0 Å². The summed E-state index contributed by atoms with van der Waals surface area (Å²) in [4.78, 5) is 25.3. The van der Waals surface area contributed by atoms with Gasteiger partial charge in [-0.3, -0.25) is 9.59 Å². The highest BCUT2D eigenvalue weighted by Crippen LogP contribution is 2.37. The van der Waals surface area contributed by atoms with Gasteiger partial charge in [-0.2, -0.15) is 4.31 Å². The number of nitrogens with one attached hydrogen (secondary N) is 2. The fourth-order valence-electron chi connectivity index (χ4n) is 3.59. The quantitative estimate of drug-likeness (QED) is 0.726. The maximum atomic E-state index is 13.1. The number of piperidine rings is 1. The van der Waals surface area contributed by atoms with Crippen molar-refractivity contribution in [2.24, 2.45) is 5.92 Å². The summed E-state index contributed by atoms with van der Waals surface area (Å²) in [5, 5.41) is 5.40. The van der Waals surface area contributed by atoms with Crippen LogP contribution in [-0.2, 0) is 26.2 Å². The molecule has 8 nitrogen and oxygen atoms in total. The van der Waals surface area contributed by atoms with Crippen molar-refractivity contribution in [1.82, 2.24) is 9.62 Å². The SMILES string of the molecule is C[C@@H]1Sc2ccc(S(=O)(=O)N3CCC(C(=O)NCc4ccco4)CC3)cc2NC1=O. The molecule has 0 unspecified atom stereocenters. The van der Waals surface area contributed by atoms with Gasteiger partial charge in [-0.1, -0.05) is 0 Å². The second kappa shape index (κ2) is 8.44. The standard InChI is InChI=1S/C20H23N3O5S2/c1-13-19(24)22-17-11-16(4-5-18(17)29-13)30(26,27)23-8-6-14(7-9-23)20(25)21-12-15-3-2-10-28-15/h2-5,10-11,13-14H,6-9,12H2,1H3,(H,21,25)(H,22,24)/t13-/m0/s1. The lowest BCUT2D eigenvalue weighted by Crippen LogP contribution is -2.42. The van der Waals surface area contributed by atoms with Gasteiger partial charge in [0.05, 0.1) is 28.6 Å². The molecule has 160 valence electrons. The van der Waals surface area contributed by atoms with E-state index in [9.17, 15) is 18.0 Å². The number of sulfonamides is 1. The van der Waals surface area contributed by atoms with Crippen LogP contribution in [0.2, 0.25) is 0 Å². The third-order valence-electron chi connectivity index (χ3n) is 5.36. The van der Waals surface area contributed by atoms with Crippen LogP contribution in [0.15, 0.2) is 50.8 Å². The van der Waals surface area contributed by atoms with Crippen molar-refractivity contribution in [3.8, 4) is 0 Å². The van der Waals surface area contributed by atoms with Crippen LogP contribution in [0.25, 0.3) is 0 Å². The summed E-state index contributed by atoms with van der Waals surface area (Å²) in [5.74, 6) is 0.219. The molecule has 0 bridgehead atoms. The molecule has 0 saturated carbocycles. The number of nitrogens with zero attached hydrogens (tertiary/aromatic N) is 1. The zero-order chi connectivity index (χ0) is 21.3. The highest BCUT2D eigenvalue weighted by molar-refractivity contribution is 8.01. The van der Waals surface area contributed by atoms with E-state index in [0.717, 1.165) is 4.90 Å². The Labute approximate surface area is 179 Å². The number of amides is 2. The molecule has 1 aromatic heterocycles. The minimum atomic E-state index is -3.70. The molecule has 2 aliphatic rings. The Kier molecular flexibility index (Phi) is 5.90. The van der Waals surface area contributed by atoms with Gasteiger partial charge in [-0.05, 0) is 50.1 Å². The summed E-state index contributed by atoms with van der Waals surface area (Å²) in [6.07, 6.45) is 2.47. The van der Waals surface area contributed by atoms with E-state index in [1.807, 2.05) is 6.92 Å². The molecule has 1 saturated heterocycles. The number of carbonyl (C=O) groups is 2. The zero-order valence-corrected chi connectivity index (χ0v) is 18.1. The highest BCUT2D eigenvalue weighted by Gasteiger charge is 2.33. The van der Waals surface area contributed by atoms with Crippen LogP contribution in [0.3, 0.4) is 0 Å². The summed E-state index contributed by atoms with van der Waals surface area (Å²) in [7, 11) is -3.70. The van der Waals surface area contributed by atoms with E-state index in [4.69, 9.17) is 4.42 Å². The van der Waals surface area contributed by atoms with Gasteiger partial charge < -0.3 is 15.1 Å². The molecule has 10 heteroatoms. The van der Waals surface area contributed by atoms with E-state index in [2.05, 4.69) is 10.6 Å². The molecule has 3 heterocycles. The van der Waals surface area contributed by atoms with E-state index < -0.39 is 10.0 Å². The van der Waals surface area contributed by atoms with E-state index >= 15 is 0 Å². The number of furan rings is 1. The molecule has 1 atom stereocenters. The Balaban J connectivity index is 1.38. The van der Waals surface area contributed by atoms with E-state index in [1.54, 1.807) is 30.5 Å². The number of carbonyl (C=O) groups excluding carboxylic acids is 2. The molecule has 1 fully saturated rings. The van der Waals surface area contributed by atoms with Crippen molar-refractivity contribution >= 4 is 39.3 Å². The highest BCUT2D eigenvalue weighted by atomic mass is 32.2. The van der Waals surface area contributed by atoms with Crippen LogP contribution in [0.5, 0.6) is 0 Å². The maximum Gasteiger partial charge on any atom is 0.243 e. The average Bonchev–Trinajstić information content (AvgIpc) is 3.26. The lowest BCUT2D eigenvalue weighted by atomic mass is 9.97. The molecule has 30 heavy (non-hydrogen) atoms. The van der Waals surface area contributed by atoms with Crippen molar-refractivity contribution in [2.75, 3.05) is 18.4 Å². The summed E-state index contributed by atoms with van der Waals surface area (Å²) in [6, 6.07) is 8.38. The first kappa shape index (κ1) is 21.0. The number of hydrogen-bond donors (Lipinski definition) is 2. The molecular formula is C20H23N3O5S2. The van der Waals surface area contributed by atoms with Crippen LogP contribution in [-0.4, -0.2) is 42.9 Å². The van der Waals surface area contributed by atoms with Crippen molar-refractivity contribution in [3.63, 3.8) is 0 Å². The lowest BCUT2D eigenvalue weighted by Gasteiger charge is -2.31. The number of anilines is 1. The van der Waals surface area contributed by atoms with Gasteiger partial charge in [0.2, 0.25) is 21.8 Å². The molecule has 0 aliphatic carbocycles. The number of rotatable bonds is 5. The lowest BCUT2D eigenvalue weighted by molar-refractivity contribution is -0.126. The first-order chi connectivity index (χ1) is 14.3. The Morgan fingerprint density at radius 2 is 2.07 bits per heavy atom. The molecule has 1 aromatic carbocycles.